The molecule has 1 saturated heterocycles. The van der Waals surface area contributed by atoms with Gasteiger partial charge in [0.05, 0.1) is 30.1 Å². The molecule has 5 rings (SSSR count). The zero-order chi connectivity index (χ0) is 31.1. The molecule has 1 aliphatic heterocycles. The summed E-state index contributed by atoms with van der Waals surface area (Å²) in [6.07, 6.45) is 1.16. The maximum atomic E-state index is 10.6. The second-order valence-electron chi connectivity index (χ2n) is 9.15. The predicted molar refractivity (Wildman–Crippen MR) is 135 cm³/mol. The molecule has 4 aromatic heterocycles. The maximum Gasteiger partial charge on any atom is 0.490 e. The fourth-order valence-corrected chi connectivity index (χ4v) is 4.09. The van der Waals surface area contributed by atoms with E-state index in [0.29, 0.717) is 5.92 Å². The molecular weight excluding hydrogens is 576 g/mol. The first-order valence-electron chi connectivity index (χ1n) is 12.2. The summed E-state index contributed by atoms with van der Waals surface area (Å²) < 4.78 is 70.7. The molecule has 1 fully saturated rings. The largest absolute Gasteiger partial charge is 0.490 e. The monoisotopic (exact) mass is 601 g/mol. The van der Waals surface area contributed by atoms with Crippen molar-refractivity contribution in [3.05, 3.63) is 66.8 Å². The van der Waals surface area contributed by atoms with Gasteiger partial charge in [0.25, 0.3) is 0 Å². The number of carbonyl (C=O) groups is 2. The number of fused-ring (bicyclic) bond motifs is 1. The van der Waals surface area contributed by atoms with E-state index in [4.69, 9.17) is 29.2 Å². The van der Waals surface area contributed by atoms with Crippen molar-refractivity contribution in [2.45, 2.75) is 37.7 Å². The van der Waals surface area contributed by atoms with Gasteiger partial charge in [0.2, 0.25) is 0 Å². The van der Waals surface area contributed by atoms with Gasteiger partial charge in [-0.25, -0.2) is 14.6 Å². The third-order valence-electron chi connectivity index (χ3n) is 6.14. The molecule has 2 N–H and O–H groups in total. The summed E-state index contributed by atoms with van der Waals surface area (Å²) in [5.74, 6) is -5.05. The summed E-state index contributed by atoms with van der Waals surface area (Å²) in [5.41, 5.74) is 6.43. The Morgan fingerprint density at radius 2 is 1.67 bits per heavy atom. The van der Waals surface area contributed by atoms with E-state index in [9.17, 15) is 26.3 Å². The molecule has 4 aromatic rings. The summed E-state index contributed by atoms with van der Waals surface area (Å²) in [6, 6.07) is 8.27. The number of pyridine rings is 2. The molecule has 0 saturated carbocycles. The molecule has 0 atom stereocenters. The zero-order valence-corrected chi connectivity index (χ0v) is 21.9. The van der Waals surface area contributed by atoms with Gasteiger partial charge in [0.1, 0.15) is 5.52 Å². The van der Waals surface area contributed by atoms with Gasteiger partial charge in [0.15, 0.2) is 0 Å². The van der Waals surface area contributed by atoms with Crippen molar-refractivity contribution in [2.24, 2.45) is 7.05 Å². The number of aromatic nitrogens is 4. The maximum absolute atomic E-state index is 10.6. The Morgan fingerprint density at radius 1 is 1.05 bits per heavy atom. The minimum Gasteiger partial charge on any atom is -0.475 e. The number of nitrogens with zero attached hydrogens (tertiary/aromatic N) is 5. The number of rotatable bonds is 4. The number of furan rings is 1. The van der Waals surface area contributed by atoms with Gasteiger partial charge >= 0.3 is 24.3 Å². The van der Waals surface area contributed by atoms with E-state index in [0.717, 1.165) is 60.5 Å². The van der Waals surface area contributed by atoms with E-state index in [1.807, 2.05) is 38.0 Å². The molecule has 5 heterocycles. The van der Waals surface area contributed by atoms with Crippen LogP contribution in [0.2, 0.25) is 0 Å². The molecule has 0 unspecified atom stereocenters. The average Bonchev–Trinajstić information content (AvgIpc) is 3.58. The van der Waals surface area contributed by atoms with Crippen LogP contribution in [0.4, 0.5) is 26.3 Å². The highest BCUT2D eigenvalue weighted by Gasteiger charge is 2.38. The van der Waals surface area contributed by atoms with Crippen LogP contribution in [0.3, 0.4) is 0 Å². The Hall–Kier alpha value is -4.47. The number of likely N-dealkylation sites (tertiary alicyclic amines) is 1. The SMILES string of the molecule is Cn1cnc2c(-c3cccnc3)nc(C3CCN(Cc4ccoc4)CC3)cc21.O=C(O)C(F)(F)F.O=C(O)C(F)(F)F. The second-order valence-corrected chi connectivity index (χ2v) is 9.15. The molecule has 0 radical (unpaired) electrons. The summed E-state index contributed by atoms with van der Waals surface area (Å²) in [4.78, 5) is 34.2. The van der Waals surface area contributed by atoms with Crippen molar-refractivity contribution >= 4 is 23.0 Å². The summed E-state index contributed by atoms with van der Waals surface area (Å²) in [7, 11) is 2.04. The number of piperidine rings is 1. The molecule has 0 spiro atoms. The highest BCUT2D eigenvalue weighted by atomic mass is 19.4. The van der Waals surface area contributed by atoms with Crippen LogP contribution in [0.1, 0.15) is 30.0 Å². The van der Waals surface area contributed by atoms with E-state index in [1.165, 1.54) is 5.56 Å². The van der Waals surface area contributed by atoms with E-state index in [1.54, 1.807) is 12.5 Å². The van der Waals surface area contributed by atoms with Crippen LogP contribution in [0.25, 0.3) is 22.3 Å². The first-order chi connectivity index (χ1) is 19.7. The fourth-order valence-electron chi connectivity index (χ4n) is 4.09. The highest BCUT2D eigenvalue weighted by molar-refractivity contribution is 5.89. The lowest BCUT2D eigenvalue weighted by atomic mass is 9.92. The van der Waals surface area contributed by atoms with Crippen LogP contribution >= 0.6 is 0 Å². The quantitative estimate of drug-likeness (QED) is 0.300. The van der Waals surface area contributed by atoms with Crippen molar-refractivity contribution in [3.8, 4) is 11.3 Å². The van der Waals surface area contributed by atoms with Crippen LogP contribution in [0.5, 0.6) is 0 Å². The minimum atomic E-state index is -5.08. The summed E-state index contributed by atoms with van der Waals surface area (Å²) in [5, 5.41) is 14.2. The van der Waals surface area contributed by atoms with Crippen molar-refractivity contribution in [1.29, 1.82) is 0 Å². The number of imidazole rings is 1. The Kier molecular flexibility index (Phi) is 10.3. The molecule has 0 bridgehead atoms. The third-order valence-corrected chi connectivity index (χ3v) is 6.14. The fraction of sp³-hybridized carbons (Fsp3) is 0.346. The van der Waals surface area contributed by atoms with Crippen LogP contribution < -0.4 is 0 Å². The lowest BCUT2D eigenvalue weighted by Crippen LogP contribution is -2.32. The second kappa shape index (κ2) is 13.5. The van der Waals surface area contributed by atoms with Gasteiger partial charge < -0.3 is 19.2 Å². The van der Waals surface area contributed by atoms with Gasteiger partial charge in [-0.3, -0.25) is 14.9 Å². The Balaban J connectivity index is 0.000000289. The van der Waals surface area contributed by atoms with E-state index in [-0.39, 0.29) is 0 Å². The third kappa shape index (κ3) is 8.76. The van der Waals surface area contributed by atoms with Crippen molar-refractivity contribution in [2.75, 3.05) is 13.1 Å². The number of hydrogen-bond acceptors (Lipinski definition) is 7. The van der Waals surface area contributed by atoms with E-state index in [2.05, 4.69) is 31.6 Å². The molecule has 0 aromatic carbocycles. The standard InChI is InChI=1S/C22H23N5O.2C2HF3O2/c1-26-15-24-22-20(26)11-19(25-21(22)18-3-2-7-23-12-18)17-4-8-27(9-5-17)13-16-6-10-28-14-16;2*3-2(4,5)1(6)7/h2-3,6-7,10-12,14-15,17H,4-5,8-9,13H2,1H3;2*(H,6,7). The number of hydrogen-bond donors (Lipinski definition) is 2. The van der Waals surface area contributed by atoms with Crippen molar-refractivity contribution < 1.29 is 50.6 Å². The Bertz CT molecular complexity index is 1440. The van der Waals surface area contributed by atoms with E-state index < -0.39 is 24.3 Å². The van der Waals surface area contributed by atoms with Crippen LogP contribution in [-0.2, 0) is 23.2 Å². The number of halogens is 6. The smallest absolute Gasteiger partial charge is 0.475 e. The van der Waals surface area contributed by atoms with Crippen LogP contribution in [-0.4, -0.2) is 72.0 Å². The lowest BCUT2D eigenvalue weighted by Gasteiger charge is -2.31. The first-order valence-corrected chi connectivity index (χ1v) is 12.2. The molecule has 0 amide bonds. The number of alkyl halides is 6. The number of carboxylic acids is 2. The number of aliphatic carboxylic acids is 2. The van der Waals surface area contributed by atoms with Crippen molar-refractivity contribution in [1.82, 2.24) is 24.4 Å². The molecular formula is C26H25F6N5O5. The molecule has 1 aliphatic rings. The van der Waals surface area contributed by atoms with Gasteiger partial charge in [0, 0.05) is 48.7 Å². The summed E-state index contributed by atoms with van der Waals surface area (Å²) in [6.45, 7) is 3.10. The first kappa shape index (κ1) is 32.0. The summed E-state index contributed by atoms with van der Waals surface area (Å²) >= 11 is 0. The van der Waals surface area contributed by atoms with Crippen LogP contribution in [0.15, 0.2) is 59.9 Å². The normalized spacial score (nSPS) is 14.5. The number of carboxylic acid groups (broad SMARTS) is 2. The topological polar surface area (TPSA) is 135 Å². The van der Waals surface area contributed by atoms with Crippen LogP contribution in [0, 0.1) is 0 Å². The molecule has 0 aliphatic carbocycles. The zero-order valence-electron chi connectivity index (χ0n) is 21.9. The predicted octanol–water partition coefficient (Wildman–Crippen LogP) is 5.27. The average molecular weight is 602 g/mol. The lowest BCUT2D eigenvalue weighted by molar-refractivity contribution is -0.193. The Labute approximate surface area is 234 Å². The van der Waals surface area contributed by atoms with E-state index >= 15 is 0 Å². The van der Waals surface area contributed by atoms with Gasteiger partial charge in [-0.2, -0.15) is 26.3 Å². The highest BCUT2D eigenvalue weighted by Crippen LogP contribution is 2.33. The molecule has 10 nitrogen and oxygen atoms in total. The van der Waals surface area contributed by atoms with Gasteiger partial charge in [-0.1, -0.05) is 0 Å². The minimum absolute atomic E-state index is 0.468. The molecule has 16 heteroatoms. The molecule has 226 valence electrons. The number of aryl methyl sites for hydroxylation is 1. The Morgan fingerprint density at radius 3 is 2.17 bits per heavy atom. The molecule has 42 heavy (non-hydrogen) atoms. The van der Waals surface area contributed by atoms with Crippen molar-refractivity contribution in [3.63, 3.8) is 0 Å². The van der Waals surface area contributed by atoms with Gasteiger partial charge in [-0.15, -0.1) is 0 Å². The van der Waals surface area contributed by atoms with Gasteiger partial charge in [-0.05, 0) is 50.2 Å².